The molecular weight excluding hydrogens is 610 g/mol. The predicted octanol–water partition coefficient (Wildman–Crippen LogP) is 8.53. The molecule has 8 rings (SSSR count). The van der Waals surface area contributed by atoms with Gasteiger partial charge in [0.15, 0.2) is 0 Å². The Morgan fingerprint density at radius 2 is 1.49 bits per heavy atom. The van der Waals surface area contributed by atoms with Gasteiger partial charge in [0.2, 0.25) is 5.91 Å². The number of carbonyl (C=O) groups is 2. The van der Waals surface area contributed by atoms with Crippen molar-refractivity contribution in [1.29, 1.82) is 0 Å². The zero-order valence-electron chi connectivity index (χ0n) is 24.4. The zero-order valence-corrected chi connectivity index (χ0v) is 25.9. The summed E-state index contributed by atoms with van der Waals surface area (Å²) in [6.45, 7) is 0. The Hall–Kier alpha value is -3.71. The third-order valence-electron chi connectivity index (χ3n) is 10.7. The smallest absolute Gasteiger partial charge is 0.324 e. The summed E-state index contributed by atoms with van der Waals surface area (Å²) < 4.78 is 22.9. The Morgan fingerprint density at radius 1 is 0.800 bits per heavy atom. The maximum absolute atomic E-state index is 16.4. The summed E-state index contributed by atoms with van der Waals surface area (Å²) >= 11 is 12.9. The van der Waals surface area contributed by atoms with Crippen molar-refractivity contribution in [2.75, 3.05) is 5.32 Å². The molecule has 0 radical (unpaired) electrons. The number of fused-ring (bicyclic) bond motifs is 5. The van der Waals surface area contributed by atoms with Crippen LogP contribution in [0.2, 0.25) is 10.0 Å². The topological polar surface area (TPSA) is 58.6 Å². The summed E-state index contributed by atoms with van der Waals surface area (Å²) in [4.78, 5) is 31.9. The molecule has 228 valence electrons. The van der Waals surface area contributed by atoms with Crippen molar-refractivity contribution < 1.29 is 18.7 Å². The van der Waals surface area contributed by atoms with Gasteiger partial charge in [-0.25, -0.2) is 4.39 Å². The van der Waals surface area contributed by atoms with Gasteiger partial charge in [0.1, 0.15) is 23.4 Å². The van der Waals surface area contributed by atoms with Crippen LogP contribution in [0.25, 0.3) is 0 Å². The van der Waals surface area contributed by atoms with Crippen molar-refractivity contribution in [2.45, 2.75) is 67.2 Å². The summed E-state index contributed by atoms with van der Waals surface area (Å²) in [5.41, 5.74) is 1.19. The van der Waals surface area contributed by atoms with Crippen LogP contribution in [-0.2, 0) is 19.7 Å². The number of anilines is 1. The Morgan fingerprint density at radius 3 is 2.20 bits per heavy atom. The minimum atomic E-state index is -1.33. The van der Waals surface area contributed by atoms with E-state index in [0.717, 1.165) is 36.0 Å². The normalized spacial score (nSPS) is 28.5. The van der Waals surface area contributed by atoms with Crippen LogP contribution in [0, 0.1) is 5.82 Å². The van der Waals surface area contributed by atoms with E-state index in [-0.39, 0.29) is 16.5 Å². The first kappa shape index (κ1) is 28.7. The molecule has 0 bridgehead atoms. The van der Waals surface area contributed by atoms with Crippen LogP contribution in [0.4, 0.5) is 10.1 Å². The molecule has 3 fully saturated rings. The minimum Gasteiger partial charge on any atom is -0.454 e. The van der Waals surface area contributed by atoms with Crippen LogP contribution in [0.15, 0.2) is 97.1 Å². The first-order chi connectivity index (χ1) is 21.9. The minimum absolute atomic E-state index is 0.0560. The number of carbonyl (C=O) groups excluding carboxylic acids is 2. The van der Waals surface area contributed by atoms with E-state index in [1.165, 1.54) is 6.07 Å². The number of ether oxygens (including phenoxy) is 1. The average molecular weight is 642 g/mol. The van der Waals surface area contributed by atoms with E-state index in [1.807, 2.05) is 54.6 Å². The van der Waals surface area contributed by atoms with Crippen molar-refractivity contribution in [3.63, 3.8) is 0 Å². The second kappa shape index (κ2) is 10.7. The fourth-order valence-corrected chi connectivity index (χ4v) is 9.51. The van der Waals surface area contributed by atoms with Crippen LogP contribution >= 0.6 is 23.2 Å². The summed E-state index contributed by atoms with van der Waals surface area (Å²) in [6, 6.07) is 28.7. The van der Waals surface area contributed by atoms with Crippen LogP contribution in [0.3, 0.4) is 0 Å². The highest BCUT2D eigenvalue weighted by Crippen LogP contribution is 2.70. The van der Waals surface area contributed by atoms with E-state index in [4.69, 9.17) is 27.9 Å². The van der Waals surface area contributed by atoms with Gasteiger partial charge in [0.25, 0.3) is 0 Å². The number of nitrogens with one attached hydrogen (secondary N) is 1. The highest BCUT2D eigenvalue weighted by Gasteiger charge is 2.78. The molecule has 1 aliphatic carbocycles. The number of esters is 1. The molecule has 0 aromatic heterocycles. The van der Waals surface area contributed by atoms with Crippen molar-refractivity contribution in [3.8, 4) is 0 Å². The maximum atomic E-state index is 16.4. The van der Waals surface area contributed by atoms with Gasteiger partial charge in [0.05, 0.1) is 11.1 Å². The van der Waals surface area contributed by atoms with Gasteiger partial charge in [0, 0.05) is 22.2 Å². The monoisotopic (exact) mass is 640 g/mol. The van der Waals surface area contributed by atoms with E-state index < -0.39 is 46.8 Å². The number of morpholine rings is 1. The number of nitrogens with zero attached hydrogens (tertiary/aromatic N) is 1. The third-order valence-corrected chi connectivity index (χ3v) is 11.2. The maximum Gasteiger partial charge on any atom is 0.324 e. The van der Waals surface area contributed by atoms with Crippen molar-refractivity contribution >= 4 is 40.8 Å². The lowest BCUT2D eigenvalue weighted by atomic mass is 9.55. The molecule has 3 aliphatic heterocycles. The fourth-order valence-electron chi connectivity index (χ4n) is 9.16. The van der Waals surface area contributed by atoms with E-state index >= 15 is 4.39 Å². The lowest BCUT2D eigenvalue weighted by Gasteiger charge is -2.55. The molecule has 5 atom stereocenters. The van der Waals surface area contributed by atoms with Crippen molar-refractivity contribution in [3.05, 3.63) is 135 Å². The number of halogens is 3. The molecule has 4 aliphatic rings. The molecule has 2 saturated heterocycles. The van der Waals surface area contributed by atoms with Gasteiger partial charge in [-0.3, -0.25) is 14.5 Å². The van der Waals surface area contributed by atoms with E-state index in [9.17, 15) is 9.59 Å². The largest absolute Gasteiger partial charge is 0.454 e. The molecule has 3 heterocycles. The van der Waals surface area contributed by atoms with Crippen molar-refractivity contribution in [2.24, 2.45) is 0 Å². The van der Waals surface area contributed by atoms with Gasteiger partial charge >= 0.3 is 5.97 Å². The molecular formula is C37H31Cl2FN2O3. The lowest BCUT2D eigenvalue weighted by Crippen LogP contribution is -2.63. The third kappa shape index (κ3) is 3.95. The van der Waals surface area contributed by atoms with Crippen LogP contribution in [0.5, 0.6) is 0 Å². The quantitative estimate of drug-likeness (QED) is 0.228. The molecule has 0 unspecified atom stereocenters. The Labute approximate surface area is 271 Å². The molecule has 4 aromatic carbocycles. The van der Waals surface area contributed by atoms with Gasteiger partial charge in [-0.15, -0.1) is 0 Å². The van der Waals surface area contributed by atoms with Gasteiger partial charge in [-0.05, 0) is 53.3 Å². The highest BCUT2D eigenvalue weighted by atomic mass is 35.5. The summed E-state index contributed by atoms with van der Waals surface area (Å²) in [6.07, 6.45) is 3.37. The average Bonchev–Trinajstić information content (AvgIpc) is 3.49. The lowest BCUT2D eigenvalue weighted by molar-refractivity contribution is -0.183. The summed E-state index contributed by atoms with van der Waals surface area (Å²) in [7, 11) is 0. The van der Waals surface area contributed by atoms with Gasteiger partial charge < -0.3 is 10.1 Å². The van der Waals surface area contributed by atoms with Gasteiger partial charge in [-0.1, -0.05) is 121 Å². The number of hydrogen-bond donors (Lipinski definition) is 1. The number of cyclic esters (lactones) is 1. The SMILES string of the molecule is O=C1O[C@@H](c2ccccc2)[C@@H](c2ccccc2)N2[C@@H]1[C@H](c1cccc(Cl)c1F)[C@]1(C(=O)Nc3cc(Cl)ccc31)C21CCCCC1. The number of rotatable bonds is 3. The highest BCUT2D eigenvalue weighted by molar-refractivity contribution is 6.31. The van der Waals surface area contributed by atoms with Crippen molar-refractivity contribution in [1.82, 2.24) is 4.90 Å². The first-order valence-electron chi connectivity index (χ1n) is 15.5. The molecule has 8 heteroatoms. The second-order valence-corrected chi connectivity index (χ2v) is 13.5. The van der Waals surface area contributed by atoms with Gasteiger partial charge in [-0.2, -0.15) is 0 Å². The number of hydrogen-bond acceptors (Lipinski definition) is 4. The Balaban J connectivity index is 1.49. The summed E-state index contributed by atoms with van der Waals surface area (Å²) in [5, 5.41) is 3.57. The predicted molar refractivity (Wildman–Crippen MR) is 172 cm³/mol. The molecule has 5 nitrogen and oxygen atoms in total. The first-order valence-corrected chi connectivity index (χ1v) is 16.3. The molecule has 1 amide bonds. The van der Waals surface area contributed by atoms with Crippen LogP contribution < -0.4 is 5.32 Å². The Kier molecular flexibility index (Phi) is 6.83. The van der Waals surface area contributed by atoms with E-state index in [1.54, 1.807) is 24.3 Å². The fraction of sp³-hybridized carbons (Fsp3) is 0.297. The van der Waals surface area contributed by atoms with E-state index in [0.29, 0.717) is 23.6 Å². The Bertz CT molecular complexity index is 1810. The molecule has 1 N–H and O–H groups in total. The standard InChI is InChI=1S/C37H31Cl2FN2O3/c38-24-17-18-26-28(21-24)41-35(44)37(26)29(25-15-10-16-27(39)30(25)40)32-34(43)45-33(23-13-6-2-7-14-23)31(22-11-4-1-5-12-22)42(32)36(37)19-8-3-9-20-36/h1-2,4-7,10-18,21,29,31-33H,3,8-9,19-20H2,(H,41,44)/t29-,31+,32+,33-,37+/m0/s1. The molecule has 2 spiro atoms. The summed E-state index contributed by atoms with van der Waals surface area (Å²) in [5.74, 6) is -2.28. The second-order valence-electron chi connectivity index (χ2n) is 12.6. The van der Waals surface area contributed by atoms with E-state index in [2.05, 4.69) is 22.3 Å². The molecule has 45 heavy (non-hydrogen) atoms. The molecule has 4 aromatic rings. The number of benzene rings is 4. The zero-order chi connectivity index (χ0) is 30.9. The van der Waals surface area contributed by atoms with Crippen LogP contribution in [0.1, 0.15) is 72.4 Å². The van der Waals surface area contributed by atoms with Crippen LogP contribution in [-0.4, -0.2) is 28.4 Å². The number of amides is 1. The molecule has 1 saturated carbocycles.